The summed E-state index contributed by atoms with van der Waals surface area (Å²) in [5.41, 5.74) is 1.53. The molecule has 0 atom stereocenters. The lowest BCUT2D eigenvalue weighted by Gasteiger charge is -2.12. The van der Waals surface area contributed by atoms with Crippen LogP contribution in [-0.2, 0) is 0 Å². The Morgan fingerprint density at radius 3 is 2.69 bits per heavy atom. The number of rotatable bonds is 9. The maximum absolute atomic E-state index is 13.3. The molecular formula is C26H21Cl2N3O4S. The van der Waals surface area contributed by atoms with Crippen molar-refractivity contribution in [1.29, 1.82) is 0 Å². The highest BCUT2D eigenvalue weighted by Crippen LogP contribution is 2.33. The van der Waals surface area contributed by atoms with Crippen LogP contribution in [0.2, 0.25) is 10.0 Å². The molecule has 0 spiro atoms. The molecule has 0 aliphatic carbocycles. The minimum Gasteiger partial charge on any atom is -0.497 e. The Bertz CT molecular complexity index is 1580. The average molecular weight is 542 g/mol. The van der Waals surface area contributed by atoms with E-state index < -0.39 is 0 Å². The molecule has 36 heavy (non-hydrogen) atoms. The van der Waals surface area contributed by atoms with Gasteiger partial charge in [0.1, 0.15) is 11.3 Å². The Labute approximate surface area is 221 Å². The summed E-state index contributed by atoms with van der Waals surface area (Å²) in [7, 11) is 1.57. The van der Waals surface area contributed by atoms with Crippen LogP contribution in [0.25, 0.3) is 27.9 Å². The van der Waals surface area contributed by atoms with Crippen LogP contribution in [-0.4, -0.2) is 34.1 Å². The van der Waals surface area contributed by atoms with Gasteiger partial charge in [-0.15, -0.1) is 10.2 Å². The van der Waals surface area contributed by atoms with Crippen LogP contribution in [0.5, 0.6) is 11.5 Å². The summed E-state index contributed by atoms with van der Waals surface area (Å²) in [6.45, 7) is 0.361. The van der Waals surface area contributed by atoms with Crippen LogP contribution < -0.4 is 14.9 Å². The van der Waals surface area contributed by atoms with Gasteiger partial charge in [0.2, 0.25) is 11.2 Å². The van der Waals surface area contributed by atoms with E-state index in [1.807, 2.05) is 16.7 Å². The topological polar surface area (TPSA) is 78.9 Å². The van der Waals surface area contributed by atoms with Crippen molar-refractivity contribution >= 4 is 51.6 Å². The summed E-state index contributed by atoms with van der Waals surface area (Å²) in [6, 6.07) is 15.8. The number of benzene rings is 2. The van der Waals surface area contributed by atoms with E-state index in [4.69, 9.17) is 37.1 Å². The van der Waals surface area contributed by atoms with Gasteiger partial charge < -0.3 is 13.9 Å². The molecule has 0 aliphatic rings. The Kier molecular flexibility index (Phi) is 7.36. The fraction of sp³-hybridized carbons (Fsp3) is 0.192. The molecule has 3 aromatic heterocycles. The molecule has 184 valence electrons. The molecule has 0 N–H and O–H groups in total. The SMILES string of the molecule is COc1ccc2c(=O)c(OCCCCSc3nnc4c(Cl)cccn34)c(-c3ccc(Cl)cc3)oc2c1. The monoisotopic (exact) mass is 541 g/mol. The zero-order valence-corrected chi connectivity index (χ0v) is 21.6. The first kappa shape index (κ1) is 24.5. The second kappa shape index (κ2) is 10.8. The highest BCUT2D eigenvalue weighted by Gasteiger charge is 2.18. The van der Waals surface area contributed by atoms with E-state index in [2.05, 4.69) is 10.2 Å². The first-order valence-corrected chi connectivity index (χ1v) is 12.9. The molecular weight excluding hydrogens is 521 g/mol. The van der Waals surface area contributed by atoms with Gasteiger partial charge in [0.25, 0.3) is 0 Å². The first-order chi connectivity index (χ1) is 17.5. The van der Waals surface area contributed by atoms with Crippen LogP contribution in [0, 0.1) is 0 Å². The van der Waals surface area contributed by atoms with E-state index in [0.717, 1.165) is 23.8 Å². The Morgan fingerprint density at radius 1 is 1.06 bits per heavy atom. The molecule has 0 bridgehead atoms. The number of fused-ring (bicyclic) bond motifs is 2. The van der Waals surface area contributed by atoms with E-state index >= 15 is 0 Å². The molecule has 0 radical (unpaired) electrons. The van der Waals surface area contributed by atoms with Crippen molar-refractivity contribution in [3.8, 4) is 22.8 Å². The maximum atomic E-state index is 13.3. The number of unbranched alkanes of at least 4 members (excludes halogenated alkanes) is 1. The third kappa shape index (κ3) is 5.02. The smallest absolute Gasteiger partial charge is 0.235 e. The van der Waals surface area contributed by atoms with Crippen molar-refractivity contribution < 1.29 is 13.9 Å². The Morgan fingerprint density at radius 2 is 1.89 bits per heavy atom. The van der Waals surface area contributed by atoms with Crippen molar-refractivity contribution in [2.45, 2.75) is 18.0 Å². The number of nitrogens with zero attached hydrogens (tertiary/aromatic N) is 3. The van der Waals surface area contributed by atoms with Crippen molar-refractivity contribution in [2.75, 3.05) is 19.5 Å². The normalized spacial score (nSPS) is 11.3. The highest BCUT2D eigenvalue weighted by molar-refractivity contribution is 7.99. The molecule has 0 amide bonds. The molecule has 7 nitrogen and oxygen atoms in total. The summed E-state index contributed by atoms with van der Waals surface area (Å²) in [5.74, 6) is 1.95. The molecule has 2 aromatic carbocycles. The van der Waals surface area contributed by atoms with Crippen molar-refractivity contribution in [1.82, 2.24) is 14.6 Å². The Hall–Kier alpha value is -3.20. The molecule has 5 rings (SSSR count). The lowest BCUT2D eigenvalue weighted by Crippen LogP contribution is -2.11. The van der Waals surface area contributed by atoms with Gasteiger partial charge in [-0.25, -0.2) is 0 Å². The number of ether oxygens (including phenoxy) is 2. The van der Waals surface area contributed by atoms with Gasteiger partial charge in [-0.2, -0.15) is 0 Å². The molecule has 0 unspecified atom stereocenters. The lowest BCUT2D eigenvalue weighted by molar-refractivity contribution is 0.302. The van der Waals surface area contributed by atoms with E-state index in [1.165, 1.54) is 0 Å². The number of pyridine rings is 1. The fourth-order valence-corrected chi connectivity index (χ4v) is 4.95. The van der Waals surface area contributed by atoms with Crippen LogP contribution >= 0.6 is 35.0 Å². The number of thioether (sulfide) groups is 1. The molecule has 0 aliphatic heterocycles. The van der Waals surface area contributed by atoms with Crippen LogP contribution in [0.15, 0.2) is 75.2 Å². The fourth-order valence-electron chi connectivity index (χ4n) is 3.71. The van der Waals surface area contributed by atoms with Crippen LogP contribution in [0.1, 0.15) is 12.8 Å². The molecule has 3 heterocycles. The van der Waals surface area contributed by atoms with E-state index in [9.17, 15) is 4.79 Å². The molecule has 5 aromatic rings. The summed E-state index contributed by atoms with van der Waals surface area (Å²) in [6.07, 6.45) is 3.48. The molecule has 10 heteroatoms. The standard InChI is InChI=1S/C26H21Cl2N3O4S/c1-33-18-10-11-19-21(15-18)35-23(16-6-8-17(27)9-7-16)24(22(19)32)34-13-2-3-14-36-26-30-29-25-20(28)5-4-12-31(25)26/h4-12,15H,2-3,13-14H2,1H3. The van der Waals surface area contributed by atoms with Gasteiger partial charge in [0.15, 0.2) is 16.6 Å². The second-order valence-electron chi connectivity index (χ2n) is 7.89. The van der Waals surface area contributed by atoms with Gasteiger partial charge in [0, 0.05) is 28.6 Å². The number of hydrogen-bond acceptors (Lipinski definition) is 7. The lowest BCUT2D eigenvalue weighted by atomic mass is 10.1. The first-order valence-electron chi connectivity index (χ1n) is 11.2. The van der Waals surface area contributed by atoms with E-state index in [-0.39, 0.29) is 11.2 Å². The maximum Gasteiger partial charge on any atom is 0.235 e. The van der Waals surface area contributed by atoms with Gasteiger partial charge in [0.05, 0.1) is 24.1 Å². The van der Waals surface area contributed by atoms with Gasteiger partial charge in [-0.3, -0.25) is 9.20 Å². The number of hydrogen-bond donors (Lipinski definition) is 0. The minimum absolute atomic E-state index is 0.181. The van der Waals surface area contributed by atoms with Gasteiger partial charge in [-0.1, -0.05) is 35.0 Å². The van der Waals surface area contributed by atoms with E-state index in [0.29, 0.717) is 50.3 Å². The summed E-state index contributed by atoms with van der Waals surface area (Å²) >= 11 is 13.8. The summed E-state index contributed by atoms with van der Waals surface area (Å²) in [4.78, 5) is 13.3. The van der Waals surface area contributed by atoms with Crippen molar-refractivity contribution in [2.24, 2.45) is 0 Å². The number of methoxy groups -OCH3 is 1. The quantitative estimate of drug-likeness (QED) is 0.150. The van der Waals surface area contributed by atoms with Gasteiger partial charge >= 0.3 is 0 Å². The summed E-state index contributed by atoms with van der Waals surface area (Å²) < 4.78 is 19.3. The number of aromatic nitrogens is 3. The molecule has 0 saturated carbocycles. The number of halogens is 2. The van der Waals surface area contributed by atoms with E-state index in [1.54, 1.807) is 67.4 Å². The predicted octanol–water partition coefficient (Wildman–Crippen LogP) is 6.77. The second-order valence-corrected chi connectivity index (χ2v) is 9.80. The largest absolute Gasteiger partial charge is 0.497 e. The molecule has 0 fully saturated rings. The van der Waals surface area contributed by atoms with Crippen LogP contribution in [0.3, 0.4) is 0 Å². The molecule has 0 saturated heterocycles. The van der Waals surface area contributed by atoms with Crippen molar-refractivity contribution in [3.05, 3.63) is 81.1 Å². The summed E-state index contributed by atoms with van der Waals surface area (Å²) in [5, 5.41) is 10.7. The third-order valence-corrected chi connectivity index (χ3v) is 7.11. The predicted molar refractivity (Wildman–Crippen MR) is 143 cm³/mol. The van der Waals surface area contributed by atoms with Crippen molar-refractivity contribution in [3.63, 3.8) is 0 Å². The minimum atomic E-state index is -0.231. The Balaban J connectivity index is 1.30. The zero-order chi connectivity index (χ0) is 25.1. The average Bonchev–Trinajstić information content (AvgIpc) is 3.31. The van der Waals surface area contributed by atoms with Gasteiger partial charge in [-0.05, 0) is 61.4 Å². The third-order valence-electron chi connectivity index (χ3n) is 5.54. The zero-order valence-electron chi connectivity index (χ0n) is 19.2. The van der Waals surface area contributed by atoms with Crippen LogP contribution in [0.4, 0.5) is 0 Å². The highest BCUT2D eigenvalue weighted by atomic mass is 35.5.